The Morgan fingerprint density at radius 1 is 1.06 bits per heavy atom. The lowest BCUT2D eigenvalue weighted by Gasteiger charge is -2.08. The van der Waals surface area contributed by atoms with Crippen LogP contribution in [0.1, 0.15) is 5.56 Å². The quantitative estimate of drug-likeness (QED) is 0.824. The Hall–Kier alpha value is -1.93. The summed E-state index contributed by atoms with van der Waals surface area (Å²) in [6.07, 6.45) is 0. The highest BCUT2D eigenvalue weighted by Gasteiger charge is 2.09. The molecule has 0 spiro atoms. The van der Waals surface area contributed by atoms with Gasteiger partial charge >= 0.3 is 0 Å². The van der Waals surface area contributed by atoms with E-state index in [1.54, 1.807) is 0 Å². The number of ether oxygens (including phenoxy) is 1. The van der Waals surface area contributed by atoms with Crippen LogP contribution in [0.15, 0.2) is 40.9 Å². The summed E-state index contributed by atoms with van der Waals surface area (Å²) < 4.78 is 32.4. The molecule has 0 atom stereocenters. The van der Waals surface area contributed by atoms with Crippen LogP contribution < -0.4 is 4.74 Å². The van der Waals surface area contributed by atoms with Crippen LogP contribution >= 0.6 is 15.9 Å². The first-order chi connectivity index (χ1) is 8.60. The van der Waals surface area contributed by atoms with Crippen LogP contribution in [0.4, 0.5) is 8.78 Å². The zero-order valence-electron chi connectivity index (χ0n) is 8.95. The topological polar surface area (TPSA) is 33.0 Å². The van der Waals surface area contributed by atoms with E-state index in [2.05, 4.69) is 15.9 Å². The second-order valence-electron chi connectivity index (χ2n) is 3.43. The molecule has 0 bridgehead atoms. The minimum Gasteiger partial charge on any atom is -0.453 e. The van der Waals surface area contributed by atoms with E-state index in [4.69, 9.17) is 10.00 Å². The van der Waals surface area contributed by atoms with Crippen LogP contribution in [0, 0.1) is 23.0 Å². The van der Waals surface area contributed by atoms with Gasteiger partial charge in [0.25, 0.3) is 0 Å². The van der Waals surface area contributed by atoms with Crippen molar-refractivity contribution in [3.63, 3.8) is 0 Å². The Morgan fingerprint density at radius 3 is 2.50 bits per heavy atom. The molecule has 0 saturated carbocycles. The molecular formula is C13H6BrF2NO. The molecule has 0 amide bonds. The average Bonchev–Trinajstić information content (AvgIpc) is 2.36. The van der Waals surface area contributed by atoms with Crippen molar-refractivity contribution in [1.29, 1.82) is 5.26 Å². The van der Waals surface area contributed by atoms with Crippen molar-refractivity contribution in [1.82, 2.24) is 0 Å². The molecule has 18 heavy (non-hydrogen) atoms. The highest BCUT2D eigenvalue weighted by Crippen LogP contribution is 2.31. The van der Waals surface area contributed by atoms with Crippen molar-refractivity contribution in [2.75, 3.05) is 0 Å². The number of hydrogen-bond acceptors (Lipinski definition) is 2. The molecule has 0 radical (unpaired) electrons. The number of benzene rings is 2. The van der Waals surface area contributed by atoms with E-state index in [1.165, 1.54) is 24.3 Å². The van der Waals surface area contributed by atoms with E-state index in [9.17, 15) is 8.78 Å². The van der Waals surface area contributed by atoms with Gasteiger partial charge in [0.1, 0.15) is 11.6 Å². The van der Waals surface area contributed by atoms with E-state index < -0.39 is 11.6 Å². The Morgan fingerprint density at radius 2 is 1.83 bits per heavy atom. The highest BCUT2D eigenvalue weighted by atomic mass is 79.9. The fourth-order valence-electron chi connectivity index (χ4n) is 1.33. The molecule has 2 rings (SSSR count). The molecule has 0 aliphatic carbocycles. The van der Waals surface area contributed by atoms with Crippen molar-refractivity contribution >= 4 is 15.9 Å². The van der Waals surface area contributed by atoms with Gasteiger partial charge < -0.3 is 4.74 Å². The van der Waals surface area contributed by atoms with Gasteiger partial charge in [0, 0.05) is 6.07 Å². The monoisotopic (exact) mass is 309 g/mol. The van der Waals surface area contributed by atoms with Crippen molar-refractivity contribution in [2.24, 2.45) is 0 Å². The molecule has 2 aromatic rings. The number of rotatable bonds is 2. The highest BCUT2D eigenvalue weighted by molar-refractivity contribution is 9.10. The van der Waals surface area contributed by atoms with Crippen molar-refractivity contribution in [3.05, 3.63) is 58.1 Å². The Labute approximate surface area is 111 Å². The van der Waals surface area contributed by atoms with Crippen molar-refractivity contribution < 1.29 is 13.5 Å². The molecule has 2 nitrogen and oxygen atoms in total. The zero-order valence-corrected chi connectivity index (χ0v) is 10.5. The average molecular weight is 310 g/mol. The van der Waals surface area contributed by atoms with Crippen molar-refractivity contribution in [2.45, 2.75) is 0 Å². The summed E-state index contributed by atoms with van der Waals surface area (Å²) in [5.41, 5.74) is 0.193. The molecule has 90 valence electrons. The normalized spacial score (nSPS) is 9.89. The second-order valence-corrected chi connectivity index (χ2v) is 4.29. The van der Waals surface area contributed by atoms with Gasteiger partial charge in [-0.15, -0.1) is 0 Å². The molecule has 0 N–H and O–H groups in total. The molecule has 0 fully saturated rings. The zero-order chi connectivity index (χ0) is 13.1. The molecular weight excluding hydrogens is 304 g/mol. The standard InChI is InChI=1S/C13H6BrF2NO/c14-10-3-2-9(15)6-13(10)18-12-4-1-8(7-17)5-11(12)16/h1-6H. The van der Waals surface area contributed by atoms with Gasteiger partial charge in [-0.2, -0.15) is 5.26 Å². The molecule has 0 aromatic heterocycles. The lowest BCUT2D eigenvalue weighted by Crippen LogP contribution is -1.91. The van der Waals surface area contributed by atoms with Gasteiger partial charge in [-0.25, -0.2) is 8.78 Å². The number of nitrogens with zero attached hydrogens (tertiary/aromatic N) is 1. The summed E-state index contributed by atoms with van der Waals surface area (Å²) in [7, 11) is 0. The van der Waals surface area contributed by atoms with E-state index in [-0.39, 0.29) is 17.1 Å². The summed E-state index contributed by atoms with van der Waals surface area (Å²) in [5, 5.41) is 8.61. The third-order valence-electron chi connectivity index (χ3n) is 2.17. The number of halogens is 3. The van der Waals surface area contributed by atoms with Crippen LogP contribution in [0.2, 0.25) is 0 Å². The van der Waals surface area contributed by atoms with Crippen LogP contribution in [0.5, 0.6) is 11.5 Å². The SMILES string of the molecule is N#Cc1ccc(Oc2cc(F)ccc2Br)c(F)c1. The number of nitriles is 1. The van der Waals surface area contributed by atoms with Crippen LogP contribution in [-0.4, -0.2) is 0 Å². The predicted molar refractivity (Wildman–Crippen MR) is 65.3 cm³/mol. The first kappa shape index (κ1) is 12.5. The fourth-order valence-corrected chi connectivity index (χ4v) is 1.65. The molecule has 0 aliphatic rings. The Bertz CT molecular complexity index is 637. The van der Waals surface area contributed by atoms with Gasteiger partial charge in [0.05, 0.1) is 16.1 Å². The van der Waals surface area contributed by atoms with Crippen molar-refractivity contribution in [3.8, 4) is 17.6 Å². The Balaban J connectivity index is 2.34. The van der Waals surface area contributed by atoms with Crippen LogP contribution in [0.3, 0.4) is 0 Å². The maximum absolute atomic E-state index is 13.6. The van der Waals surface area contributed by atoms with E-state index in [0.717, 1.165) is 12.1 Å². The van der Waals surface area contributed by atoms with Gasteiger partial charge in [0.2, 0.25) is 0 Å². The summed E-state index contributed by atoms with van der Waals surface area (Å²) in [6.45, 7) is 0. The predicted octanol–water partition coefficient (Wildman–Crippen LogP) is 4.39. The number of hydrogen-bond donors (Lipinski definition) is 0. The molecule has 2 aromatic carbocycles. The lowest BCUT2D eigenvalue weighted by molar-refractivity contribution is 0.436. The Kier molecular flexibility index (Phi) is 3.58. The van der Waals surface area contributed by atoms with Gasteiger partial charge in [-0.05, 0) is 46.3 Å². The van der Waals surface area contributed by atoms with E-state index in [0.29, 0.717) is 4.47 Å². The maximum atomic E-state index is 13.6. The first-order valence-corrected chi connectivity index (χ1v) is 5.72. The summed E-state index contributed by atoms with van der Waals surface area (Å²) in [6, 6.07) is 9.48. The summed E-state index contributed by atoms with van der Waals surface area (Å²) in [4.78, 5) is 0. The van der Waals surface area contributed by atoms with Crippen LogP contribution in [-0.2, 0) is 0 Å². The smallest absolute Gasteiger partial charge is 0.167 e. The second kappa shape index (κ2) is 5.15. The molecule has 0 unspecified atom stereocenters. The van der Waals surface area contributed by atoms with Gasteiger partial charge in [-0.1, -0.05) is 0 Å². The first-order valence-electron chi connectivity index (χ1n) is 4.92. The summed E-state index contributed by atoms with van der Waals surface area (Å²) >= 11 is 3.17. The molecule has 0 aliphatic heterocycles. The minimum absolute atomic E-state index is 0.0692. The van der Waals surface area contributed by atoms with E-state index >= 15 is 0 Å². The molecule has 0 heterocycles. The maximum Gasteiger partial charge on any atom is 0.167 e. The van der Waals surface area contributed by atoms with Crippen LogP contribution in [0.25, 0.3) is 0 Å². The largest absolute Gasteiger partial charge is 0.453 e. The fraction of sp³-hybridized carbons (Fsp3) is 0. The third-order valence-corrected chi connectivity index (χ3v) is 2.83. The summed E-state index contributed by atoms with van der Waals surface area (Å²) in [5.74, 6) is -1.06. The third kappa shape index (κ3) is 2.66. The molecule has 5 heteroatoms. The molecule has 0 saturated heterocycles. The van der Waals surface area contributed by atoms with Gasteiger partial charge in [0.15, 0.2) is 11.6 Å². The minimum atomic E-state index is -0.676. The van der Waals surface area contributed by atoms with E-state index in [1.807, 2.05) is 6.07 Å². The lowest BCUT2D eigenvalue weighted by atomic mass is 10.2. The van der Waals surface area contributed by atoms with Gasteiger partial charge in [-0.3, -0.25) is 0 Å².